The predicted molar refractivity (Wildman–Crippen MR) is 74.8 cm³/mol. The zero-order valence-electron chi connectivity index (χ0n) is 11.4. The number of hydrogen-bond donors (Lipinski definition) is 1. The van der Waals surface area contributed by atoms with Gasteiger partial charge in [-0.15, -0.1) is 0 Å². The lowest BCUT2D eigenvalue weighted by Gasteiger charge is -2.15. The monoisotopic (exact) mass is 243 g/mol. The first kappa shape index (κ1) is 12.9. The summed E-state index contributed by atoms with van der Waals surface area (Å²) in [6.45, 7) is 4.18. The van der Waals surface area contributed by atoms with Crippen molar-refractivity contribution in [2.45, 2.75) is 32.7 Å². The molecule has 0 aliphatic rings. The van der Waals surface area contributed by atoms with E-state index < -0.39 is 0 Å². The van der Waals surface area contributed by atoms with E-state index in [9.17, 15) is 0 Å². The van der Waals surface area contributed by atoms with Crippen LogP contribution in [0, 0.1) is 6.92 Å². The average molecular weight is 243 g/mol. The number of rotatable bonds is 5. The van der Waals surface area contributed by atoms with E-state index in [-0.39, 0.29) is 6.04 Å². The maximum atomic E-state index is 5.73. The minimum Gasteiger partial charge on any atom is -0.464 e. The van der Waals surface area contributed by atoms with Gasteiger partial charge < -0.3 is 9.73 Å². The summed E-state index contributed by atoms with van der Waals surface area (Å²) in [4.78, 5) is 0. The Balaban J connectivity index is 2.29. The fourth-order valence-electron chi connectivity index (χ4n) is 2.30. The smallest absolute Gasteiger partial charge is 0.125 e. The van der Waals surface area contributed by atoms with Crippen molar-refractivity contribution < 1.29 is 4.42 Å². The number of hydrogen-bond acceptors (Lipinski definition) is 2. The van der Waals surface area contributed by atoms with Gasteiger partial charge in [0.15, 0.2) is 0 Å². The summed E-state index contributed by atoms with van der Waals surface area (Å²) in [7, 11) is 1.97. The molecule has 1 atom stereocenters. The van der Waals surface area contributed by atoms with Crippen molar-refractivity contribution in [2.24, 2.45) is 0 Å². The Morgan fingerprint density at radius 2 is 2.06 bits per heavy atom. The molecular weight excluding hydrogens is 222 g/mol. The minimum atomic E-state index is 0.135. The predicted octanol–water partition coefficient (Wildman–Crippen LogP) is 3.85. The maximum Gasteiger partial charge on any atom is 0.125 e. The van der Waals surface area contributed by atoms with E-state index >= 15 is 0 Å². The standard InChI is InChI=1S/C16H21NO/c1-4-6-13-7-5-8-14(11-13)16(17-3)15-10-9-12(2)18-15/h5,7-11,16-17H,4,6H2,1-3H3. The molecule has 18 heavy (non-hydrogen) atoms. The molecule has 0 spiro atoms. The van der Waals surface area contributed by atoms with Crippen LogP contribution >= 0.6 is 0 Å². The second-order valence-electron chi connectivity index (χ2n) is 4.67. The molecule has 0 bridgehead atoms. The second-order valence-corrected chi connectivity index (χ2v) is 4.67. The third-order valence-corrected chi connectivity index (χ3v) is 3.16. The molecule has 0 saturated carbocycles. The molecule has 1 aromatic carbocycles. The quantitative estimate of drug-likeness (QED) is 0.863. The van der Waals surface area contributed by atoms with Gasteiger partial charge in [0.2, 0.25) is 0 Å². The van der Waals surface area contributed by atoms with Crippen LogP contribution in [0.25, 0.3) is 0 Å². The van der Waals surface area contributed by atoms with Crippen LogP contribution in [0.4, 0.5) is 0 Å². The molecule has 0 saturated heterocycles. The fraction of sp³-hybridized carbons (Fsp3) is 0.375. The fourth-order valence-corrected chi connectivity index (χ4v) is 2.30. The van der Waals surface area contributed by atoms with Crippen LogP contribution in [0.1, 0.15) is 42.0 Å². The highest BCUT2D eigenvalue weighted by Gasteiger charge is 2.15. The molecule has 2 aromatic rings. The zero-order chi connectivity index (χ0) is 13.0. The molecule has 0 amide bonds. The summed E-state index contributed by atoms with van der Waals surface area (Å²) in [5, 5.41) is 3.32. The third-order valence-electron chi connectivity index (χ3n) is 3.16. The van der Waals surface area contributed by atoms with Gasteiger partial charge in [0.05, 0.1) is 6.04 Å². The van der Waals surface area contributed by atoms with Gasteiger partial charge in [0.25, 0.3) is 0 Å². The van der Waals surface area contributed by atoms with E-state index in [0.29, 0.717) is 0 Å². The molecule has 96 valence electrons. The molecule has 1 N–H and O–H groups in total. The van der Waals surface area contributed by atoms with E-state index in [0.717, 1.165) is 17.9 Å². The van der Waals surface area contributed by atoms with E-state index in [1.807, 2.05) is 26.1 Å². The van der Waals surface area contributed by atoms with E-state index in [1.165, 1.54) is 17.5 Å². The molecule has 1 heterocycles. The molecule has 2 rings (SSSR count). The lowest BCUT2D eigenvalue weighted by atomic mass is 10.0. The Labute approximate surface area is 109 Å². The molecule has 0 radical (unpaired) electrons. The van der Waals surface area contributed by atoms with Crippen LogP contribution in [0.3, 0.4) is 0 Å². The first-order valence-corrected chi connectivity index (χ1v) is 6.57. The number of aryl methyl sites for hydroxylation is 2. The molecule has 0 aliphatic carbocycles. The minimum absolute atomic E-state index is 0.135. The molecule has 1 aromatic heterocycles. The summed E-state index contributed by atoms with van der Waals surface area (Å²) in [6, 6.07) is 12.9. The van der Waals surface area contributed by atoms with Crippen molar-refractivity contribution in [3.05, 3.63) is 59.0 Å². The van der Waals surface area contributed by atoms with Gasteiger partial charge in [0, 0.05) is 0 Å². The van der Waals surface area contributed by atoms with Crippen molar-refractivity contribution >= 4 is 0 Å². The third kappa shape index (κ3) is 2.82. The average Bonchev–Trinajstić information content (AvgIpc) is 2.78. The van der Waals surface area contributed by atoms with Crippen LogP contribution in [0.15, 0.2) is 40.8 Å². The van der Waals surface area contributed by atoms with Crippen LogP contribution in [0.2, 0.25) is 0 Å². The SMILES string of the molecule is CCCc1cccc(C(NC)c2ccc(C)o2)c1. The highest BCUT2D eigenvalue weighted by atomic mass is 16.3. The normalized spacial score (nSPS) is 12.6. The van der Waals surface area contributed by atoms with Crippen molar-refractivity contribution in [2.75, 3.05) is 7.05 Å². The lowest BCUT2D eigenvalue weighted by Crippen LogP contribution is -2.17. The van der Waals surface area contributed by atoms with Gasteiger partial charge in [-0.3, -0.25) is 0 Å². The van der Waals surface area contributed by atoms with Crippen molar-refractivity contribution in [1.29, 1.82) is 0 Å². The Bertz CT molecular complexity index is 501. The van der Waals surface area contributed by atoms with Crippen molar-refractivity contribution in [3.8, 4) is 0 Å². The Morgan fingerprint density at radius 3 is 2.67 bits per heavy atom. The molecule has 2 heteroatoms. The Kier molecular flexibility index (Phi) is 4.21. The van der Waals surface area contributed by atoms with Gasteiger partial charge >= 0.3 is 0 Å². The van der Waals surface area contributed by atoms with Gasteiger partial charge in [0.1, 0.15) is 11.5 Å². The van der Waals surface area contributed by atoms with Crippen LogP contribution in [-0.2, 0) is 6.42 Å². The van der Waals surface area contributed by atoms with Gasteiger partial charge in [-0.2, -0.15) is 0 Å². The molecular formula is C16H21NO. The second kappa shape index (κ2) is 5.87. The molecule has 0 fully saturated rings. The summed E-state index contributed by atoms with van der Waals surface area (Å²) < 4.78 is 5.73. The van der Waals surface area contributed by atoms with Crippen molar-refractivity contribution in [1.82, 2.24) is 5.32 Å². The summed E-state index contributed by atoms with van der Waals surface area (Å²) in [5.74, 6) is 1.93. The number of furan rings is 1. The number of benzene rings is 1. The highest BCUT2D eigenvalue weighted by molar-refractivity contribution is 5.31. The molecule has 1 unspecified atom stereocenters. The largest absolute Gasteiger partial charge is 0.464 e. The maximum absolute atomic E-state index is 5.73. The van der Waals surface area contributed by atoms with E-state index in [4.69, 9.17) is 4.42 Å². The number of nitrogens with one attached hydrogen (secondary N) is 1. The first-order chi connectivity index (χ1) is 8.74. The topological polar surface area (TPSA) is 25.2 Å². The van der Waals surface area contributed by atoms with Crippen LogP contribution < -0.4 is 5.32 Å². The highest BCUT2D eigenvalue weighted by Crippen LogP contribution is 2.24. The Morgan fingerprint density at radius 1 is 1.22 bits per heavy atom. The summed E-state index contributed by atoms with van der Waals surface area (Å²) in [6.07, 6.45) is 2.30. The van der Waals surface area contributed by atoms with Crippen molar-refractivity contribution in [3.63, 3.8) is 0 Å². The van der Waals surface area contributed by atoms with Gasteiger partial charge in [-0.25, -0.2) is 0 Å². The summed E-state index contributed by atoms with van der Waals surface area (Å²) >= 11 is 0. The van der Waals surface area contributed by atoms with Crippen LogP contribution in [0.5, 0.6) is 0 Å². The molecule has 2 nitrogen and oxygen atoms in total. The van der Waals surface area contributed by atoms with E-state index in [2.05, 4.69) is 36.5 Å². The first-order valence-electron chi connectivity index (χ1n) is 6.57. The molecule has 0 aliphatic heterocycles. The van der Waals surface area contributed by atoms with Gasteiger partial charge in [-0.1, -0.05) is 37.6 Å². The zero-order valence-corrected chi connectivity index (χ0v) is 11.4. The Hall–Kier alpha value is -1.54. The van der Waals surface area contributed by atoms with E-state index in [1.54, 1.807) is 0 Å². The lowest BCUT2D eigenvalue weighted by molar-refractivity contribution is 0.444. The van der Waals surface area contributed by atoms with Crippen LogP contribution in [-0.4, -0.2) is 7.05 Å². The summed E-state index contributed by atoms with van der Waals surface area (Å²) in [5.41, 5.74) is 2.65. The van der Waals surface area contributed by atoms with Gasteiger partial charge in [-0.05, 0) is 43.7 Å².